The second-order valence-corrected chi connectivity index (χ2v) is 7.07. The van der Waals surface area contributed by atoms with E-state index in [9.17, 15) is 17.6 Å². The molecule has 142 valence electrons. The molecular weight excluding hydrogens is 426 g/mol. The third-order valence-electron chi connectivity index (χ3n) is 4.29. The second kappa shape index (κ2) is 7.42. The molecule has 0 bridgehead atoms. The van der Waals surface area contributed by atoms with Gasteiger partial charge in [-0.2, -0.15) is 13.2 Å². The van der Waals surface area contributed by atoms with E-state index >= 15 is 0 Å². The number of aromatic nitrogens is 2. The minimum Gasteiger partial charge on any atom is -0.360 e. The van der Waals surface area contributed by atoms with Crippen LogP contribution in [0.5, 0.6) is 0 Å². The lowest BCUT2D eigenvalue weighted by molar-refractivity contribution is -0.138. The number of hydrogen-bond donors (Lipinski definition) is 1. The van der Waals surface area contributed by atoms with Gasteiger partial charge in [0.05, 0.1) is 17.1 Å². The Morgan fingerprint density at radius 1 is 1.11 bits per heavy atom. The standard InChI is InChI=1S/C19H16BrF4N3/c1-10-13(4-3-5-15(10)19(22,23)24)17(9-21)27-18-14-8-12(20)6-7-16(14)25-11(2)26-18/h3-8,17H,9H2,1-2H3,(H,25,26,27)/t17-/m1/s1. The quantitative estimate of drug-likeness (QED) is 0.493. The van der Waals surface area contributed by atoms with E-state index in [1.807, 2.05) is 6.07 Å². The van der Waals surface area contributed by atoms with E-state index in [1.165, 1.54) is 19.1 Å². The van der Waals surface area contributed by atoms with E-state index in [0.29, 0.717) is 22.5 Å². The van der Waals surface area contributed by atoms with Crippen molar-refractivity contribution < 1.29 is 17.6 Å². The number of alkyl halides is 4. The highest BCUT2D eigenvalue weighted by atomic mass is 79.9. The number of fused-ring (bicyclic) bond motifs is 1. The maximum atomic E-state index is 13.8. The van der Waals surface area contributed by atoms with Gasteiger partial charge in [-0.1, -0.05) is 28.1 Å². The zero-order valence-corrected chi connectivity index (χ0v) is 16.1. The van der Waals surface area contributed by atoms with Crippen LogP contribution in [-0.2, 0) is 6.18 Å². The first-order chi connectivity index (χ1) is 12.7. The molecule has 0 saturated heterocycles. The Labute approximate surface area is 162 Å². The number of hydrogen-bond acceptors (Lipinski definition) is 3. The summed E-state index contributed by atoms with van der Waals surface area (Å²) in [5.41, 5.74) is 0.126. The summed E-state index contributed by atoms with van der Waals surface area (Å²) in [6.45, 7) is 2.16. The van der Waals surface area contributed by atoms with E-state index in [0.717, 1.165) is 10.5 Å². The first-order valence-corrected chi connectivity index (χ1v) is 8.93. The molecular formula is C19H16BrF4N3. The van der Waals surface area contributed by atoms with Gasteiger partial charge in [-0.15, -0.1) is 0 Å². The fourth-order valence-corrected chi connectivity index (χ4v) is 3.39. The molecule has 0 radical (unpaired) electrons. The molecule has 0 aliphatic heterocycles. The summed E-state index contributed by atoms with van der Waals surface area (Å²) in [4.78, 5) is 8.66. The Balaban J connectivity index is 2.07. The van der Waals surface area contributed by atoms with E-state index in [4.69, 9.17) is 0 Å². The number of anilines is 1. The first-order valence-electron chi connectivity index (χ1n) is 8.14. The van der Waals surface area contributed by atoms with Crippen molar-refractivity contribution in [2.45, 2.75) is 26.1 Å². The largest absolute Gasteiger partial charge is 0.416 e. The van der Waals surface area contributed by atoms with Crippen LogP contribution in [0.2, 0.25) is 0 Å². The summed E-state index contributed by atoms with van der Waals surface area (Å²) in [5.74, 6) is 0.851. The molecule has 0 saturated carbocycles. The number of halogens is 5. The lowest BCUT2D eigenvalue weighted by atomic mass is 9.97. The molecule has 3 rings (SSSR count). The summed E-state index contributed by atoms with van der Waals surface area (Å²) in [5, 5.41) is 3.61. The van der Waals surface area contributed by atoms with Crippen LogP contribution in [0.15, 0.2) is 40.9 Å². The molecule has 1 aromatic heterocycles. The van der Waals surface area contributed by atoms with Gasteiger partial charge in [0.25, 0.3) is 0 Å². The smallest absolute Gasteiger partial charge is 0.360 e. The van der Waals surface area contributed by atoms with Crippen LogP contribution >= 0.6 is 15.9 Å². The Bertz CT molecular complexity index is 989. The Morgan fingerprint density at radius 3 is 2.52 bits per heavy atom. The SMILES string of the molecule is Cc1nc(N[C@H](CF)c2cccc(C(F)(F)F)c2C)c2cc(Br)ccc2n1. The summed E-state index contributed by atoms with van der Waals surface area (Å²) >= 11 is 3.37. The summed E-state index contributed by atoms with van der Waals surface area (Å²) < 4.78 is 54.2. The number of rotatable bonds is 4. The van der Waals surface area contributed by atoms with Gasteiger partial charge in [0.2, 0.25) is 0 Å². The minimum absolute atomic E-state index is 0.00332. The second-order valence-electron chi connectivity index (χ2n) is 6.15. The highest BCUT2D eigenvalue weighted by molar-refractivity contribution is 9.10. The predicted molar refractivity (Wildman–Crippen MR) is 100 cm³/mol. The van der Waals surface area contributed by atoms with Crippen molar-refractivity contribution >= 4 is 32.7 Å². The van der Waals surface area contributed by atoms with E-state index in [2.05, 4.69) is 31.2 Å². The fourth-order valence-electron chi connectivity index (χ4n) is 3.03. The van der Waals surface area contributed by atoms with Crippen molar-refractivity contribution in [3.05, 3.63) is 63.4 Å². The average Bonchev–Trinajstić information content (AvgIpc) is 2.59. The molecule has 1 heterocycles. The van der Waals surface area contributed by atoms with Gasteiger partial charge in [0.15, 0.2) is 0 Å². The number of nitrogens with zero attached hydrogens (tertiary/aromatic N) is 2. The summed E-state index contributed by atoms with van der Waals surface area (Å²) in [7, 11) is 0. The van der Waals surface area contributed by atoms with Crippen LogP contribution in [0.25, 0.3) is 10.9 Å². The van der Waals surface area contributed by atoms with Gasteiger partial charge in [-0.25, -0.2) is 14.4 Å². The van der Waals surface area contributed by atoms with Crippen molar-refractivity contribution in [2.75, 3.05) is 12.0 Å². The monoisotopic (exact) mass is 441 g/mol. The maximum Gasteiger partial charge on any atom is 0.416 e. The number of benzene rings is 2. The Hall–Kier alpha value is -2.22. The van der Waals surface area contributed by atoms with Gasteiger partial charge in [0.1, 0.15) is 18.3 Å². The van der Waals surface area contributed by atoms with Gasteiger partial charge in [-0.3, -0.25) is 0 Å². The lowest BCUT2D eigenvalue weighted by Gasteiger charge is -2.22. The summed E-state index contributed by atoms with van der Waals surface area (Å²) in [6, 6.07) is 8.20. The third kappa shape index (κ3) is 4.05. The van der Waals surface area contributed by atoms with E-state index < -0.39 is 24.5 Å². The van der Waals surface area contributed by atoms with Crippen molar-refractivity contribution in [2.24, 2.45) is 0 Å². The Morgan fingerprint density at radius 2 is 1.85 bits per heavy atom. The minimum atomic E-state index is -4.50. The lowest BCUT2D eigenvalue weighted by Crippen LogP contribution is -2.18. The van der Waals surface area contributed by atoms with Crippen LogP contribution in [0.3, 0.4) is 0 Å². The highest BCUT2D eigenvalue weighted by Gasteiger charge is 2.33. The molecule has 0 fully saturated rings. The van der Waals surface area contributed by atoms with Crippen LogP contribution in [0, 0.1) is 13.8 Å². The average molecular weight is 442 g/mol. The molecule has 0 spiro atoms. The summed E-state index contributed by atoms with van der Waals surface area (Å²) in [6.07, 6.45) is -4.50. The highest BCUT2D eigenvalue weighted by Crippen LogP contribution is 2.36. The number of nitrogens with one attached hydrogen (secondary N) is 1. The van der Waals surface area contributed by atoms with E-state index in [1.54, 1.807) is 19.1 Å². The normalized spacial score (nSPS) is 13.0. The van der Waals surface area contributed by atoms with E-state index in [-0.39, 0.29) is 11.1 Å². The molecule has 1 N–H and O–H groups in total. The molecule has 1 atom stereocenters. The zero-order valence-electron chi connectivity index (χ0n) is 14.5. The topological polar surface area (TPSA) is 37.8 Å². The van der Waals surface area contributed by atoms with Crippen molar-refractivity contribution in [1.29, 1.82) is 0 Å². The van der Waals surface area contributed by atoms with Gasteiger partial charge in [0, 0.05) is 9.86 Å². The van der Waals surface area contributed by atoms with Gasteiger partial charge >= 0.3 is 6.18 Å². The predicted octanol–water partition coefficient (Wildman–Crippen LogP) is 6.15. The molecule has 0 aliphatic rings. The van der Waals surface area contributed by atoms with Crippen molar-refractivity contribution in [3.63, 3.8) is 0 Å². The van der Waals surface area contributed by atoms with Crippen molar-refractivity contribution in [1.82, 2.24) is 9.97 Å². The first kappa shape index (κ1) is 19.5. The van der Waals surface area contributed by atoms with Crippen LogP contribution in [0.4, 0.5) is 23.4 Å². The molecule has 0 unspecified atom stereocenters. The van der Waals surface area contributed by atoms with Crippen LogP contribution in [0.1, 0.15) is 28.6 Å². The molecule has 2 aromatic carbocycles. The molecule has 3 nitrogen and oxygen atoms in total. The van der Waals surface area contributed by atoms with Crippen LogP contribution < -0.4 is 5.32 Å². The molecule has 27 heavy (non-hydrogen) atoms. The maximum absolute atomic E-state index is 13.8. The number of aryl methyl sites for hydroxylation is 1. The fraction of sp³-hybridized carbons (Fsp3) is 0.263. The Kier molecular flexibility index (Phi) is 5.37. The molecule has 0 amide bonds. The molecule has 8 heteroatoms. The van der Waals surface area contributed by atoms with Crippen molar-refractivity contribution in [3.8, 4) is 0 Å². The zero-order chi connectivity index (χ0) is 19.8. The molecule has 3 aromatic rings. The van der Waals surface area contributed by atoms with Crippen LogP contribution in [-0.4, -0.2) is 16.6 Å². The van der Waals surface area contributed by atoms with Gasteiger partial charge < -0.3 is 5.32 Å². The third-order valence-corrected chi connectivity index (χ3v) is 4.78. The van der Waals surface area contributed by atoms with Gasteiger partial charge in [-0.05, 0) is 49.2 Å². The molecule has 0 aliphatic carbocycles.